The summed E-state index contributed by atoms with van der Waals surface area (Å²) in [7, 11) is 0. The Hall–Kier alpha value is -1.41. The van der Waals surface area contributed by atoms with Gasteiger partial charge in [0.2, 0.25) is 0 Å². The van der Waals surface area contributed by atoms with Crippen LogP contribution in [0.1, 0.15) is 10.4 Å². The molecule has 0 unspecified atom stereocenters. The molecule has 0 fully saturated rings. The normalized spacial score (nSPS) is 10.7. The summed E-state index contributed by atoms with van der Waals surface area (Å²) < 4.78 is 3.55. The quantitative estimate of drug-likeness (QED) is 0.497. The Labute approximate surface area is 132 Å². The van der Waals surface area contributed by atoms with Crippen molar-refractivity contribution in [2.45, 2.75) is 0 Å². The molecule has 0 N–H and O–H groups in total. The molecular formula is C17H11BrOSe. The van der Waals surface area contributed by atoms with Crippen LogP contribution in [0.4, 0.5) is 0 Å². The first kappa shape index (κ1) is 13.6. The Morgan fingerprint density at radius 1 is 0.850 bits per heavy atom. The van der Waals surface area contributed by atoms with Crippen LogP contribution in [0.15, 0.2) is 65.1 Å². The summed E-state index contributed by atoms with van der Waals surface area (Å²) in [5.41, 5.74) is 0.761. The standard InChI is InChI=1S/C17H11BrOSe/c18-17-8-4-7-15-12(11-19)9-14(10-16(15)17)20-13-5-2-1-3-6-13/h1-11H. The van der Waals surface area contributed by atoms with Gasteiger partial charge in [0, 0.05) is 0 Å². The van der Waals surface area contributed by atoms with Crippen molar-refractivity contribution in [3.05, 3.63) is 70.7 Å². The second kappa shape index (κ2) is 5.92. The van der Waals surface area contributed by atoms with Crippen LogP contribution < -0.4 is 8.92 Å². The van der Waals surface area contributed by atoms with Crippen LogP contribution in [-0.2, 0) is 0 Å². The zero-order valence-electron chi connectivity index (χ0n) is 10.5. The third-order valence-electron chi connectivity index (χ3n) is 3.05. The van der Waals surface area contributed by atoms with E-state index in [1.165, 1.54) is 8.92 Å². The summed E-state index contributed by atoms with van der Waals surface area (Å²) in [6, 6.07) is 20.5. The van der Waals surface area contributed by atoms with Gasteiger partial charge in [-0.25, -0.2) is 0 Å². The van der Waals surface area contributed by atoms with Gasteiger partial charge in [-0.2, -0.15) is 0 Å². The molecule has 0 aromatic heterocycles. The van der Waals surface area contributed by atoms with Gasteiger partial charge in [-0.05, 0) is 0 Å². The molecule has 0 amide bonds. The van der Waals surface area contributed by atoms with Crippen molar-refractivity contribution in [2.75, 3.05) is 0 Å². The summed E-state index contributed by atoms with van der Waals surface area (Å²) >= 11 is 3.78. The second-order valence-corrected chi connectivity index (χ2v) is 7.64. The van der Waals surface area contributed by atoms with Gasteiger partial charge in [0.1, 0.15) is 0 Å². The van der Waals surface area contributed by atoms with Crippen LogP contribution >= 0.6 is 15.9 Å². The molecule has 3 heteroatoms. The number of fused-ring (bicyclic) bond motifs is 1. The van der Waals surface area contributed by atoms with Gasteiger partial charge in [0.05, 0.1) is 0 Å². The van der Waals surface area contributed by atoms with Crippen LogP contribution in [0.25, 0.3) is 10.8 Å². The summed E-state index contributed by atoms with van der Waals surface area (Å²) in [4.78, 5) is 11.3. The van der Waals surface area contributed by atoms with Gasteiger partial charge in [-0.1, -0.05) is 0 Å². The molecule has 0 aliphatic rings. The van der Waals surface area contributed by atoms with E-state index in [0.29, 0.717) is 0 Å². The molecule has 3 rings (SSSR count). The molecule has 0 aliphatic heterocycles. The first-order valence-corrected chi connectivity index (χ1v) is 8.69. The van der Waals surface area contributed by atoms with Gasteiger partial charge in [-0.15, -0.1) is 0 Å². The Kier molecular flexibility index (Phi) is 4.02. The van der Waals surface area contributed by atoms with Crippen LogP contribution in [0.2, 0.25) is 0 Å². The molecule has 3 aromatic rings. The number of aldehydes is 1. The van der Waals surface area contributed by atoms with E-state index in [9.17, 15) is 4.79 Å². The molecule has 0 spiro atoms. The zero-order chi connectivity index (χ0) is 13.9. The maximum atomic E-state index is 11.3. The second-order valence-electron chi connectivity index (χ2n) is 4.38. The average molecular weight is 390 g/mol. The van der Waals surface area contributed by atoms with Crippen molar-refractivity contribution < 1.29 is 4.79 Å². The minimum atomic E-state index is 0.211. The molecule has 0 saturated carbocycles. The molecule has 0 heterocycles. The Balaban J connectivity index is 2.13. The van der Waals surface area contributed by atoms with E-state index in [-0.39, 0.29) is 15.0 Å². The van der Waals surface area contributed by atoms with Crippen LogP contribution in [0.5, 0.6) is 0 Å². The Morgan fingerprint density at radius 3 is 2.40 bits per heavy atom. The molecule has 20 heavy (non-hydrogen) atoms. The van der Waals surface area contributed by atoms with Gasteiger partial charge in [0.15, 0.2) is 0 Å². The fourth-order valence-electron chi connectivity index (χ4n) is 2.13. The molecule has 3 aromatic carbocycles. The van der Waals surface area contributed by atoms with Gasteiger partial charge in [0.25, 0.3) is 0 Å². The first-order valence-electron chi connectivity index (χ1n) is 6.18. The molecule has 0 saturated heterocycles. The van der Waals surface area contributed by atoms with Crippen molar-refractivity contribution >= 4 is 56.9 Å². The van der Waals surface area contributed by atoms with Crippen LogP contribution in [0.3, 0.4) is 0 Å². The summed E-state index contributed by atoms with van der Waals surface area (Å²) in [5.74, 6) is 0. The number of rotatable bonds is 3. The van der Waals surface area contributed by atoms with Crippen molar-refractivity contribution in [3.8, 4) is 0 Å². The van der Waals surface area contributed by atoms with E-state index in [0.717, 1.165) is 27.1 Å². The number of halogens is 1. The van der Waals surface area contributed by atoms with E-state index < -0.39 is 0 Å². The average Bonchev–Trinajstić information content (AvgIpc) is 2.48. The summed E-state index contributed by atoms with van der Waals surface area (Å²) in [5, 5.41) is 2.10. The Morgan fingerprint density at radius 2 is 1.65 bits per heavy atom. The predicted octanol–water partition coefficient (Wildman–Crippen LogP) is 3.07. The number of carbonyl (C=O) groups excluding carboxylic acids is 1. The molecular weight excluding hydrogens is 379 g/mol. The van der Waals surface area contributed by atoms with Gasteiger partial charge >= 0.3 is 132 Å². The van der Waals surface area contributed by atoms with Crippen LogP contribution in [-0.4, -0.2) is 21.2 Å². The third-order valence-corrected chi connectivity index (χ3v) is 5.80. The van der Waals surface area contributed by atoms with E-state index in [1.54, 1.807) is 0 Å². The van der Waals surface area contributed by atoms with E-state index in [4.69, 9.17) is 0 Å². The van der Waals surface area contributed by atoms with Crippen molar-refractivity contribution in [1.82, 2.24) is 0 Å². The van der Waals surface area contributed by atoms with Crippen molar-refractivity contribution in [2.24, 2.45) is 0 Å². The topological polar surface area (TPSA) is 17.1 Å². The van der Waals surface area contributed by atoms with E-state index in [1.807, 2.05) is 30.3 Å². The summed E-state index contributed by atoms with van der Waals surface area (Å²) in [6.07, 6.45) is 0.944. The maximum absolute atomic E-state index is 11.3. The Bertz CT molecular complexity index is 769. The first-order chi connectivity index (χ1) is 9.78. The van der Waals surface area contributed by atoms with Crippen LogP contribution in [0, 0.1) is 0 Å². The van der Waals surface area contributed by atoms with E-state index >= 15 is 0 Å². The fraction of sp³-hybridized carbons (Fsp3) is 0. The molecule has 0 bridgehead atoms. The summed E-state index contributed by atoms with van der Waals surface area (Å²) in [6.45, 7) is 0. The minimum absolute atomic E-state index is 0.211. The number of hydrogen-bond donors (Lipinski definition) is 0. The van der Waals surface area contributed by atoms with Crippen molar-refractivity contribution in [3.63, 3.8) is 0 Å². The molecule has 1 nitrogen and oxygen atoms in total. The number of benzene rings is 3. The molecule has 0 radical (unpaired) electrons. The molecule has 0 aliphatic carbocycles. The molecule has 98 valence electrons. The van der Waals surface area contributed by atoms with Gasteiger partial charge in [-0.3, -0.25) is 0 Å². The fourth-order valence-corrected chi connectivity index (χ4v) is 4.56. The van der Waals surface area contributed by atoms with Crippen molar-refractivity contribution in [1.29, 1.82) is 0 Å². The monoisotopic (exact) mass is 390 g/mol. The SMILES string of the molecule is O=Cc1cc([Se]c2ccccc2)cc2c(Br)cccc12. The number of hydrogen-bond acceptors (Lipinski definition) is 1. The number of carbonyl (C=O) groups is 1. The zero-order valence-corrected chi connectivity index (χ0v) is 13.8. The predicted molar refractivity (Wildman–Crippen MR) is 88.5 cm³/mol. The van der Waals surface area contributed by atoms with E-state index in [2.05, 4.69) is 46.3 Å². The third kappa shape index (κ3) is 2.71. The molecule has 0 atom stereocenters. The van der Waals surface area contributed by atoms with Gasteiger partial charge < -0.3 is 0 Å².